The van der Waals surface area contributed by atoms with Gasteiger partial charge in [0.1, 0.15) is 5.82 Å². The molecule has 4 rings (SSSR count). The Kier molecular flexibility index (Phi) is 2.18. The van der Waals surface area contributed by atoms with Crippen LogP contribution in [0.25, 0.3) is 27.8 Å². The molecule has 0 bridgehead atoms. The summed E-state index contributed by atoms with van der Waals surface area (Å²) in [5.74, 6) is 0.871. The molecule has 3 nitrogen and oxygen atoms in total. The molecular weight excluding hydrogens is 248 g/mol. The average Bonchev–Trinajstić information content (AvgIpc) is 2.84. The summed E-state index contributed by atoms with van der Waals surface area (Å²) in [7, 11) is 0. The highest BCUT2D eigenvalue weighted by atomic mass is 16.1. The minimum absolute atomic E-state index is 0.0402. The fourth-order valence-corrected chi connectivity index (χ4v) is 2.63. The highest BCUT2D eigenvalue weighted by Crippen LogP contribution is 2.26. The average molecular weight is 260 g/mol. The fraction of sp³-hybridized carbons (Fsp3) is 0.0588. The predicted molar refractivity (Wildman–Crippen MR) is 80.3 cm³/mol. The van der Waals surface area contributed by atoms with Gasteiger partial charge in [0, 0.05) is 23.2 Å². The maximum Gasteiger partial charge on any atom is 0.189 e. The minimum atomic E-state index is 0.0402. The van der Waals surface area contributed by atoms with Crippen LogP contribution >= 0.6 is 0 Å². The highest BCUT2D eigenvalue weighted by Gasteiger charge is 2.12. The molecule has 0 aliphatic rings. The molecule has 0 unspecified atom stereocenters. The van der Waals surface area contributed by atoms with Crippen LogP contribution in [0.15, 0.2) is 59.5 Å². The lowest BCUT2D eigenvalue weighted by Gasteiger charge is -2.02. The van der Waals surface area contributed by atoms with Crippen molar-refractivity contribution in [3.8, 4) is 11.4 Å². The Hall–Kier alpha value is -2.68. The molecule has 0 radical (unpaired) electrons. The van der Waals surface area contributed by atoms with Crippen LogP contribution in [-0.2, 0) is 0 Å². The van der Waals surface area contributed by atoms with Crippen molar-refractivity contribution in [2.75, 3.05) is 0 Å². The van der Waals surface area contributed by atoms with Gasteiger partial charge in [0.15, 0.2) is 5.43 Å². The van der Waals surface area contributed by atoms with Crippen molar-refractivity contribution in [1.29, 1.82) is 0 Å². The van der Waals surface area contributed by atoms with E-state index in [-0.39, 0.29) is 5.43 Å². The first kappa shape index (κ1) is 11.2. The highest BCUT2D eigenvalue weighted by molar-refractivity contribution is 5.95. The molecule has 0 amide bonds. The van der Waals surface area contributed by atoms with Gasteiger partial charge in [-0.1, -0.05) is 35.9 Å². The van der Waals surface area contributed by atoms with Gasteiger partial charge in [0.05, 0.1) is 11.0 Å². The summed E-state index contributed by atoms with van der Waals surface area (Å²) >= 11 is 0. The summed E-state index contributed by atoms with van der Waals surface area (Å²) in [6, 6.07) is 15.5. The van der Waals surface area contributed by atoms with Crippen LogP contribution in [0.5, 0.6) is 0 Å². The zero-order valence-electron chi connectivity index (χ0n) is 11.0. The second-order valence-corrected chi connectivity index (χ2v) is 5.02. The van der Waals surface area contributed by atoms with Crippen LogP contribution in [0.4, 0.5) is 0 Å². The first-order valence-electron chi connectivity index (χ1n) is 6.54. The van der Waals surface area contributed by atoms with E-state index in [1.54, 1.807) is 12.3 Å². The van der Waals surface area contributed by atoms with Gasteiger partial charge >= 0.3 is 0 Å². The van der Waals surface area contributed by atoms with Crippen LogP contribution in [-0.4, -0.2) is 9.38 Å². The Labute approximate surface area is 115 Å². The van der Waals surface area contributed by atoms with E-state index >= 15 is 0 Å². The van der Waals surface area contributed by atoms with Crippen molar-refractivity contribution in [2.45, 2.75) is 6.92 Å². The molecule has 0 fully saturated rings. The second-order valence-electron chi connectivity index (χ2n) is 5.02. The topological polar surface area (TPSA) is 34.4 Å². The Bertz CT molecular complexity index is 968. The number of rotatable bonds is 1. The van der Waals surface area contributed by atoms with Crippen molar-refractivity contribution >= 4 is 16.4 Å². The SMILES string of the molecule is Cc1ccc(-c2nc3cccc4c(=O)ccn2c34)cc1. The molecule has 3 heteroatoms. The molecular formula is C17H12N2O. The number of aromatic nitrogens is 2. The van der Waals surface area contributed by atoms with Gasteiger partial charge in [-0.05, 0) is 19.1 Å². The monoisotopic (exact) mass is 260 g/mol. The first-order valence-corrected chi connectivity index (χ1v) is 6.54. The van der Waals surface area contributed by atoms with Crippen LogP contribution in [0, 0.1) is 6.92 Å². The standard InChI is InChI=1S/C17H12N2O/c1-11-5-7-12(8-6-11)17-18-14-4-2-3-13-15(20)9-10-19(17)16(13)14/h2-10H,1H3. The van der Waals surface area contributed by atoms with Crippen LogP contribution in [0.3, 0.4) is 0 Å². The van der Waals surface area contributed by atoms with Crippen molar-refractivity contribution in [3.63, 3.8) is 0 Å². The van der Waals surface area contributed by atoms with Gasteiger partial charge in [-0.25, -0.2) is 4.98 Å². The van der Waals surface area contributed by atoms with Crippen molar-refractivity contribution in [2.24, 2.45) is 0 Å². The molecule has 0 aliphatic carbocycles. The normalized spacial score (nSPS) is 11.4. The number of benzene rings is 2. The maximum atomic E-state index is 11.9. The van der Waals surface area contributed by atoms with Gasteiger partial charge < -0.3 is 0 Å². The third-order valence-electron chi connectivity index (χ3n) is 3.66. The van der Waals surface area contributed by atoms with Gasteiger partial charge in [-0.2, -0.15) is 0 Å². The molecule has 0 atom stereocenters. The number of nitrogens with zero attached hydrogens (tertiary/aromatic N) is 2. The number of pyridine rings is 1. The summed E-state index contributed by atoms with van der Waals surface area (Å²) in [6.07, 6.45) is 1.81. The zero-order chi connectivity index (χ0) is 13.7. The van der Waals surface area contributed by atoms with Gasteiger partial charge in [-0.15, -0.1) is 0 Å². The Morgan fingerprint density at radius 2 is 1.80 bits per heavy atom. The molecule has 96 valence electrons. The van der Waals surface area contributed by atoms with Gasteiger partial charge in [0.25, 0.3) is 0 Å². The smallest absolute Gasteiger partial charge is 0.189 e. The molecule has 0 aliphatic heterocycles. The molecule has 2 aromatic heterocycles. The lowest BCUT2D eigenvalue weighted by Crippen LogP contribution is -2.02. The first-order chi connectivity index (χ1) is 9.74. The summed E-state index contributed by atoms with van der Waals surface area (Å²) in [6.45, 7) is 2.06. The fourth-order valence-electron chi connectivity index (χ4n) is 2.63. The number of hydrogen-bond donors (Lipinski definition) is 0. The van der Waals surface area contributed by atoms with E-state index in [4.69, 9.17) is 0 Å². The Morgan fingerprint density at radius 3 is 2.60 bits per heavy atom. The zero-order valence-corrected chi connectivity index (χ0v) is 11.0. The quantitative estimate of drug-likeness (QED) is 0.526. The van der Waals surface area contributed by atoms with Crippen molar-refractivity contribution < 1.29 is 0 Å². The molecule has 0 N–H and O–H groups in total. The summed E-state index contributed by atoms with van der Waals surface area (Å²) in [5, 5.41) is 0.718. The van der Waals surface area contributed by atoms with E-state index in [9.17, 15) is 4.79 Å². The largest absolute Gasteiger partial charge is 0.298 e. The van der Waals surface area contributed by atoms with Crippen LogP contribution in [0.1, 0.15) is 5.56 Å². The van der Waals surface area contributed by atoms with E-state index < -0.39 is 0 Å². The number of imidazole rings is 1. The second kappa shape index (κ2) is 3.90. The Morgan fingerprint density at radius 1 is 1.00 bits per heavy atom. The van der Waals surface area contributed by atoms with E-state index in [2.05, 4.69) is 36.2 Å². The predicted octanol–water partition coefficient (Wildman–Crippen LogP) is 3.26. The maximum absolute atomic E-state index is 11.9. The van der Waals surface area contributed by atoms with E-state index in [0.29, 0.717) is 0 Å². The third kappa shape index (κ3) is 1.46. The number of hydrogen-bond acceptors (Lipinski definition) is 2. The lowest BCUT2D eigenvalue weighted by atomic mass is 10.1. The third-order valence-corrected chi connectivity index (χ3v) is 3.66. The molecule has 0 saturated carbocycles. The van der Waals surface area contributed by atoms with E-state index in [1.807, 2.05) is 22.6 Å². The van der Waals surface area contributed by atoms with Crippen molar-refractivity contribution in [3.05, 3.63) is 70.5 Å². The minimum Gasteiger partial charge on any atom is -0.298 e. The summed E-state index contributed by atoms with van der Waals surface area (Å²) in [5.41, 5.74) is 4.07. The summed E-state index contributed by atoms with van der Waals surface area (Å²) in [4.78, 5) is 16.6. The number of aryl methyl sites for hydroxylation is 1. The molecule has 4 aromatic rings. The van der Waals surface area contributed by atoms with E-state index in [1.165, 1.54) is 5.56 Å². The van der Waals surface area contributed by atoms with Crippen LogP contribution in [0.2, 0.25) is 0 Å². The molecule has 2 aromatic carbocycles. The van der Waals surface area contributed by atoms with Gasteiger partial charge in [-0.3, -0.25) is 9.20 Å². The lowest BCUT2D eigenvalue weighted by molar-refractivity contribution is 1.16. The summed E-state index contributed by atoms with van der Waals surface area (Å²) < 4.78 is 2.00. The van der Waals surface area contributed by atoms with E-state index in [0.717, 1.165) is 27.8 Å². The Balaban J connectivity index is 2.14. The van der Waals surface area contributed by atoms with Crippen LogP contribution < -0.4 is 5.43 Å². The molecule has 0 spiro atoms. The van der Waals surface area contributed by atoms with Crippen molar-refractivity contribution in [1.82, 2.24) is 9.38 Å². The molecule has 2 heterocycles. The molecule has 0 saturated heterocycles. The number of para-hydroxylation sites is 1. The molecule has 20 heavy (non-hydrogen) atoms. The van der Waals surface area contributed by atoms with Gasteiger partial charge in [0.2, 0.25) is 0 Å².